The lowest BCUT2D eigenvalue weighted by Gasteiger charge is -2.23. The quantitative estimate of drug-likeness (QED) is 0.822. The Labute approximate surface area is 120 Å². The smallest absolute Gasteiger partial charge is 0.240 e. The first-order valence-corrected chi connectivity index (χ1v) is 8.00. The van der Waals surface area contributed by atoms with E-state index in [4.69, 9.17) is 17.3 Å². The summed E-state index contributed by atoms with van der Waals surface area (Å²) in [5.41, 5.74) is 6.55. The predicted molar refractivity (Wildman–Crippen MR) is 79.9 cm³/mol. The number of halogens is 1. The van der Waals surface area contributed by atoms with Crippen LogP contribution in [0.15, 0.2) is 17.0 Å². The molecule has 0 atom stereocenters. The number of benzene rings is 1. The van der Waals surface area contributed by atoms with Gasteiger partial charge in [0, 0.05) is 17.3 Å². The van der Waals surface area contributed by atoms with Gasteiger partial charge in [-0.2, -0.15) is 0 Å². The van der Waals surface area contributed by atoms with Gasteiger partial charge in [0.05, 0.1) is 4.90 Å². The minimum absolute atomic E-state index is 0.0922. The van der Waals surface area contributed by atoms with Crippen molar-refractivity contribution >= 4 is 27.3 Å². The van der Waals surface area contributed by atoms with Crippen molar-refractivity contribution in [1.29, 1.82) is 0 Å². The van der Waals surface area contributed by atoms with Gasteiger partial charge < -0.3 is 5.73 Å². The fraction of sp³-hybridized carbons (Fsp3) is 0.538. The summed E-state index contributed by atoms with van der Waals surface area (Å²) in [6.07, 6.45) is 0.881. The average Bonchev–Trinajstić information content (AvgIpc) is 2.31. The standard InChI is InChI=1S/C13H21ClN2O2S/c1-5-13(3,4)8-16-19(17,18)12-7-10(14)6-11(15)9(12)2/h6-7,16H,5,8,15H2,1-4H3. The summed E-state index contributed by atoms with van der Waals surface area (Å²) in [6, 6.07) is 2.97. The molecule has 0 unspecified atom stereocenters. The summed E-state index contributed by atoms with van der Waals surface area (Å²) < 4.78 is 27.2. The van der Waals surface area contributed by atoms with Gasteiger partial charge in [-0.3, -0.25) is 0 Å². The predicted octanol–water partition coefficient (Wildman–Crippen LogP) is 2.95. The minimum Gasteiger partial charge on any atom is -0.398 e. The summed E-state index contributed by atoms with van der Waals surface area (Å²) in [4.78, 5) is 0.143. The number of anilines is 1. The van der Waals surface area contributed by atoms with Crippen molar-refractivity contribution in [3.63, 3.8) is 0 Å². The van der Waals surface area contributed by atoms with E-state index in [0.717, 1.165) is 6.42 Å². The topological polar surface area (TPSA) is 72.2 Å². The highest BCUT2D eigenvalue weighted by Crippen LogP contribution is 2.26. The lowest BCUT2D eigenvalue weighted by Crippen LogP contribution is -2.34. The van der Waals surface area contributed by atoms with Crippen LogP contribution in [0, 0.1) is 12.3 Å². The third-order valence-electron chi connectivity index (χ3n) is 3.35. The lowest BCUT2D eigenvalue weighted by molar-refractivity contribution is 0.350. The molecule has 4 nitrogen and oxygen atoms in total. The van der Waals surface area contributed by atoms with E-state index >= 15 is 0 Å². The second kappa shape index (κ2) is 5.69. The Morgan fingerprint density at radius 3 is 2.47 bits per heavy atom. The van der Waals surface area contributed by atoms with Crippen molar-refractivity contribution in [3.05, 3.63) is 22.7 Å². The third kappa shape index (κ3) is 4.09. The molecule has 108 valence electrons. The van der Waals surface area contributed by atoms with Crippen LogP contribution in [-0.2, 0) is 10.0 Å². The number of nitrogens with one attached hydrogen (secondary N) is 1. The average molecular weight is 305 g/mol. The molecule has 19 heavy (non-hydrogen) atoms. The van der Waals surface area contributed by atoms with Gasteiger partial charge in [0.2, 0.25) is 10.0 Å². The molecule has 0 spiro atoms. The molecule has 1 aromatic carbocycles. The number of nitrogens with two attached hydrogens (primary N) is 1. The van der Waals surface area contributed by atoms with Crippen molar-refractivity contribution in [2.45, 2.75) is 39.0 Å². The number of rotatable bonds is 5. The second-order valence-corrected chi connectivity index (χ2v) is 7.63. The SMILES string of the molecule is CCC(C)(C)CNS(=O)(=O)c1cc(Cl)cc(N)c1C. The number of hydrogen-bond acceptors (Lipinski definition) is 3. The van der Waals surface area contributed by atoms with Gasteiger partial charge in [-0.1, -0.05) is 32.4 Å². The van der Waals surface area contributed by atoms with Crippen LogP contribution in [-0.4, -0.2) is 15.0 Å². The maximum atomic E-state index is 12.3. The van der Waals surface area contributed by atoms with Crippen molar-refractivity contribution < 1.29 is 8.42 Å². The highest BCUT2D eigenvalue weighted by atomic mass is 35.5. The minimum atomic E-state index is -3.59. The van der Waals surface area contributed by atoms with Crippen molar-refractivity contribution in [1.82, 2.24) is 4.72 Å². The van der Waals surface area contributed by atoms with Crippen LogP contribution in [0.4, 0.5) is 5.69 Å². The Morgan fingerprint density at radius 2 is 1.95 bits per heavy atom. The fourth-order valence-corrected chi connectivity index (χ4v) is 3.28. The van der Waals surface area contributed by atoms with Crippen LogP contribution >= 0.6 is 11.6 Å². The highest BCUT2D eigenvalue weighted by molar-refractivity contribution is 7.89. The first-order valence-electron chi connectivity index (χ1n) is 6.14. The van der Waals surface area contributed by atoms with E-state index in [0.29, 0.717) is 22.8 Å². The molecule has 3 N–H and O–H groups in total. The van der Waals surface area contributed by atoms with Crippen molar-refractivity contribution in [3.8, 4) is 0 Å². The monoisotopic (exact) mass is 304 g/mol. The maximum absolute atomic E-state index is 12.3. The molecule has 0 aliphatic heterocycles. The van der Waals surface area contributed by atoms with Crippen LogP contribution in [0.5, 0.6) is 0 Å². The number of hydrogen-bond donors (Lipinski definition) is 2. The Hall–Kier alpha value is -0.780. The zero-order valence-electron chi connectivity index (χ0n) is 11.7. The Morgan fingerprint density at radius 1 is 1.37 bits per heavy atom. The van der Waals surface area contributed by atoms with E-state index in [2.05, 4.69) is 4.72 Å². The van der Waals surface area contributed by atoms with Gasteiger partial charge in [0.25, 0.3) is 0 Å². The molecule has 0 fully saturated rings. The van der Waals surface area contributed by atoms with Crippen LogP contribution in [0.3, 0.4) is 0 Å². The molecule has 0 aliphatic carbocycles. The van der Waals surface area contributed by atoms with Gasteiger partial charge in [-0.15, -0.1) is 0 Å². The van der Waals surface area contributed by atoms with Gasteiger partial charge in [0.15, 0.2) is 0 Å². The summed E-state index contributed by atoms with van der Waals surface area (Å²) in [7, 11) is -3.59. The molecular formula is C13H21ClN2O2S. The van der Waals surface area contributed by atoms with E-state index in [1.54, 1.807) is 13.0 Å². The van der Waals surface area contributed by atoms with Gasteiger partial charge in [-0.25, -0.2) is 13.1 Å². The zero-order valence-corrected chi connectivity index (χ0v) is 13.3. The number of nitrogen functional groups attached to an aromatic ring is 1. The molecule has 0 aliphatic rings. The molecule has 0 saturated carbocycles. The molecular weight excluding hydrogens is 284 g/mol. The van der Waals surface area contributed by atoms with E-state index in [-0.39, 0.29) is 10.3 Å². The molecule has 0 aromatic heterocycles. The molecule has 6 heteroatoms. The zero-order chi connectivity index (χ0) is 14.8. The first kappa shape index (κ1) is 16.3. The molecule has 0 amide bonds. The summed E-state index contributed by atoms with van der Waals surface area (Å²) in [6.45, 7) is 8.09. The van der Waals surface area contributed by atoms with Crippen LogP contribution in [0.25, 0.3) is 0 Å². The van der Waals surface area contributed by atoms with E-state index in [1.807, 2.05) is 20.8 Å². The van der Waals surface area contributed by atoms with Crippen LogP contribution in [0.2, 0.25) is 5.02 Å². The summed E-state index contributed by atoms with van der Waals surface area (Å²) in [5, 5.41) is 0.318. The summed E-state index contributed by atoms with van der Waals surface area (Å²) >= 11 is 5.87. The van der Waals surface area contributed by atoms with Crippen molar-refractivity contribution in [2.75, 3.05) is 12.3 Å². The Balaban J connectivity index is 3.08. The van der Waals surface area contributed by atoms with Crippen LogP contribution in [0.1, 0.15) is 32.8 Å². The molecule has 0 radical (unpaired) electrons. The molecule has 0 heterocycles. The summed E-state index contributed by atoms with van der Waals surface area (Å²) in [5.74, 6) is 0. The fourth-order valence-electron chi connectivity index (χ4n) is 1.45. The molecule has 1 aromatic rings. The molecule has 0 saturated heterocycles. The van der Waals surface area contributed by atoms with Gasteiger partial charge in [-0.05, 0) is 36.5 Å². The maximum Gasteiger partial charge on any atom is 0.240 e. The van der Waals surface area contributed by atoms with Crippen LogP contribution < -0.4 is 10.5 Å². The highest BCUT2D eigenvalue weighted by Gasteiger charge is 2.23. The Kier molecular flexibility index (Phi) is 4.87. The Bertz CT molecular complexity index is 568. The lowest BCUT2D eigenvalue weighted by atomic mass is 9.91. The number of sulfonamides is 1. The normalized spacial score (nSPS) is 12.7. The van der Waals surface area contributed by atoms with Gasteiger partial charge in [0.1, 0.15) is 0 Å². The van der Waals surface area contributed by atoms with Crippen molar-refractivity contribution in [2.24, 2.45) is 5.41 Å². The van der Waals surface area contributed by atoms with E-state index < -0.39 is 10.0 Å². The van der Waals surface area contributed by atoms with Gasteiger partial charge >= 0.3 is 0 Å². The van der Waals surface area contributed by atoms with E-state index in [9.17, 15) is 8.42 Å². The molecule has 0 bridgehead atoms. The molecule has 1 rings (SSSR count). The first-order chi connectivity index (χ1) is 8.59. The largest absolute Gasteiger partial charge is 0.398 e. The van der Waals surface area contributed by atoms with E-state index in [1.165, 1.54) is 6.07 Å². The third-order valence-corrected chi connectivity index (χ3v) is 5.10. The second-order valence-electron chi connectivity index (χ2n) is 5.46.